The van der Waals surface area contributed by atoms with Gasteiger partial charge in [0.15, 0.2) is 0 Å². The maximum atomic E-state index is 12.3. The summed E-state index contributed by atoms with van der Waals surface area (Å²) >= 11 is 5.88. The smallest absolute Gasteiger partial charge is 0.319 e. The molecule has 0 bridgehead atoms. The molecule has 6 heteroatoms. The first-order valence-electron chi connectivity index (χ1n) is 9.21. The molecular formula is C19H28ClN3O2. The first kappa shape index (κ1) is 18.5. The quantitative estimate of drug-likeness (QED) is 0.854. The molecule has 0 spiro atoms. The third-order valence-corrected chi connectivity index (χ3v) is 5.82. The summed E-state index contributed by atoms with van der Waals surface area (Å²) in [5.41, 5.74) is 0.813. The van der Waals surface area contributed by atoms with E-state index in [9.17, 15) is 4.79 Å². The summed E-state index contributed by atoms with van der Waals surface area (Å²) in [4.78, 5) is 14.9. The molecule has 1 saturated carbocycles. The number of anilines is 1. The Morgan fingerprint density at radius 1 is 1.24 bits per heavy atom. The van der Waals surface area contributed by atoms with Gasteiger partial charge in [0.1, 0.15) is 0 Å². The molecule has 1 heterocycles. The highest BCUT2D eigenvalue weighted by Gasteiger charge is 2.40. The predicted molar refractivity (Wildman–Crippen MR) is 101 cm³/mol. The van der Waals surface area contributed by atoms with Crippen LogP contribution in [0, 0.1) is 5.92 Å². The van der Waals surface area contributed by atoms with Gasteiger partial charge in [-0.25, -0.2) is 4.79 Å². The zero-order valence-electron chi connectivity index (χ0n) is 14.9. The fraction of sp³-hybridized carbons (Fsp3) is 0.632. The number of hydrogen-bond donors (Lipinski definition) is 2. The standard InChI is InChI=1S/C19H28ClN3O2/c1-15-6-8-19(9-7-15,23-10-12-25-13-11-23)14-21-18(24)22-17-4-2-16(20)3-5-17/h2-5,15H,6-14H2,1H3,(H2,21,22,24). The van der Waals surface area contributed by atoms with Crippen LogP contribution >= 0.6 is 11.6 Å². The second kappa shape index (κ2) is 8.39. The highest BCUT2D eigenvalue weighted by molar-refractivity contribution is 6.30. The Morgan fingerprint density at radius 2 is 1.88 bits per heavy atom. The summed E-state index contributed by atoms with van der Waals surface area (Å²) in [6.07, 6.45) is 4.71. The normalized spacial score (nSPS) is 27.7. The monoisotopic (exact) mass is 365 g/mol. The minimum Gasteiger partial charge on any atom is -0.379 e. The van der Waals surface area contributed by atoms with E-state index >= 15 is 0 Å². The molecule has 1 aliphatic carbocycles. The van der Waals surface area contributed by atoms with Crippen LogP contribution in [0.1, 0.15) is 32.6 Å². The number of carbonyl (C=O) groups excluding carboxylic acids is 1. The number of hydrogen-bond acceptors (Lipinski definition) is 3. The third kappa shape index (κ3) is 4.87. The Bertz CT molecular complexity index is 565. The van der Waals surface area contributed by atoms with Crippen molar-refractivity contribution in [3.63, 3.8) is 0 Å². The number of carbonyl (C=O) groups is 1. The molecule has 1 aromatic carbocycles. The van der Waals surface area contributed by atoms with Crippen LogP contribution in [0.5, 0.6) is 0 Å². The van der Waals surface area contributed by atoms with E-state index in [0.29, 0.717) is 11.6 Å². The van der Waals surface area contributed by atoms with Crippen LogP contribution in [-0.4, -0.2) is 49.3 Å². The predicted octanol–water partition coefficient (Wildman–Crippen LogP) is 3.74. The fourth-order valence-corrected chi connectivity index (χ4v) is 4.02. The molecule has 3 rings (SSSR count). The summed E-state index contributed by atoms with van der Waals surface area (Å²) in [6, 6.07) is 7.00. The lowest BCUT2D eigenvalue weighted by Crippen LogP contribution is -2.60. The van der Waals surface area contributed by atoms with Gasteiger partial charge in [0, 0.05) is 35.9 Å². The van der Waals surface area contributed by atoms with E-state index in [2.05, 4.69) is 22.5 Å². The van der Waals surface area contributed by atoms with Gasteiger partial charge < -0.3 is 15.4 Å². The Kier molecular flexibility index (Phi) is 6.20. The lowest BCUT2D eigenvalue weighted by atomic mass is 9.75. The average molecular weight is 366 g/mol. The third-order valence-electron chi connectivity index (χ3n) is 5.57. The van der Waals surface area contributed by atoms with Crippen molar-refractivity contribution in [3.8, 4) is 0 Å². The van der Waals surface area contributed by atoms with E-state index in [0.717, 1.165) is 50.8 Å². The number of ether oxygens (including phenoxy) is 1. The number of benzene rings is 1. The summed E-state index contributed by atoms with van der Waals surface area (Å²) in [7, 11) is 0. The molecule has 1 aromatic rings. The Hall–Kier alpha value is -1.30. The topological polar surface area (TPSA) is 53.6 Å². The van der Waals surface area contributed by atoms with E-state index in [1.54, 1.807) is 12.1 Å². The van der Waals surface area contributed by atoms with Gasteiger partial charge in [0.25, 0.3) is 0 Å². The summed E-state index contributed by atoms with van der Waals surface area (Å²) in [5.74, 6) is 0.775. The van der Waals surface area contributed by atoms with Crippen LogP contribution in [-0.2, 0) is 4.74 Å². The number of rotatable bonds is 4. The number of urea groups is 1. The maximum Gasteiger partial charge on any atom is 0.319 e. The summed E-state index contributed by atoms with van der Waals surface area (Å²) in [5, 5.41) is 6.65. The van der Waals surface area contributed by atoms with Gasteiger partial charge in [-0.3, -0.25) is 4.90 Å². The van der Waals surface area contributed by atoms with Crippen LogP contribution in [0.15, 0.2) is 24.3 Å². The SMILES string of the molecule is CC1CCC(CNC(=O)Nc2ccc(Cl)cc2)(N2CCOCC2)CC1. The summed E-state index contributed by atoms with van der Waals surface area (Å²) < 4.78 is 5.52. The lowest BCUT2D eigenvalue weighted by Gasteiger charge is -2.49. The van der Waals surface area contributed by atoms with Gasteiger partial charge in [-0.05, 0) is 55.9 Å². The molecule has 1 saturated heterocycles. The molecule has 1 aliphatic heterocycles. The number of nitrogens with zero attached hydrogens (tertiary/aromatic N) is 1. The Labute approximate surface area is 155 Å². The molecule has 5 nitrogen and oxygen atoms in total. The summed E-state index contributed by atoms with van der Waals surface area (Å²) in [6.45, 7) is 6.48. The largest absolute Gasteiger partial charge is 0.379 e. The second-order valence-electron chi connectivity index (χ2n) is 7.32. The first-order valence-corrected chi connectivity index (χ1v) is 9.58. The van der Waals surface area contributed by atoms with Crippen LogP contribution in [0.2, 0.25) is 5.02 Å². The van der Waals surface area contributed by atoms with E-state index in [1.807, 2.05) is 12.1 Å². The van der Waals surface area contributed by atoms with Gasteiger partial charge in [-0.15, -0.1) is 0 Å². The van der Waals surface area contributed by atoms with Gasteiger partial charge in [-0.2, -0.15) is 0 Å². The fourth-order valence-electron chi connectivity index (χ4n) is 3.90. The van der Waals surface area contributed by atoms with Crippen molar-refractivity contribution in [2.45, 2.75) is 38.1 Å². The molecule has 25 heavy (non-hydrogen) atoms. The molecule has 2 amide bonds. The van der Waals surface area contributed by atoms with Crippen LogP contribution in [0.3, 0.4) is 0 Å². The molecule has 2 fully saturated rings. The van der Waals surface area contributed by atoms with Crippen molar-refractivity contribution in [1.29, 1.82) is 0 Å². The van der Waals surface area contributed by atoms with Crippen LogP contribution in [0.4, 0.5) is 10.5 Å². The lowest BCUT2D eigenvalue weighted by molar-refractivity contribution is -0.0401. The van der Waals surface area contributed by atoms with Crippen molar-refractivity contribution in [1.82, 2.24) is 10.2 Å². The zero-order chi connectivity index (χ0) is 17.7. The number of morpholine rings is 1. The number of halogens is 1. The van der Waals surface area contributed by atoms with E-state index in [1.165, 1.54) is 12.8 Å². The molecule has 2 N–H and O–H groups in total. The van der Waals surface area contributed by atoms with Crippen molar-refractivity contribution < 1.29 is 9.53 Å². The Balaban J connectivity index is 1.59. The maximum absolute atomic E-state index is 12.3. The Morgan fingerprint density at radius 3 is 2.52 bits per heavy atom. The average Bonchev–Trinajstić information content (AvgIpc) is 2.64. The zero-order valence-corrected chi connectivity index (χ0v) is 15.6. The van der Waals surface area contributed by atoms with Gasteiger partial charge in [-0.1, -0.05) is 18.5 Å². The van der Waals surface area contributed by atoms with E-state index in [-0.39, 0.29) is 11.6 Å². The van der Waals surface area contributed by atoms with Crippen molar-refractivity contribution in [2.24, 2.45) is 5.92 Å². The molecule has 138 valence electrons. The van der Waals surface area contributed by atoms with Gasteiger partial charge in [0.05, 0.1) is 13.2 Å². The molecule has 2 aliphatic rings. The van der Waals surface area contributed by atoms with E-state index < -0.39 is 0 Å². The van der Waals surface area contributed by atoms with Gasteiger partial charge >= 0.3 is 6.03 Å². The molecule has 0 radical (unpaired) electrons. The number of amides is 2. The first-order chi connectivity index (χ1) is 12.1. The minimum absolute atomic E-state index is 0.0631. The van der Waals surface area contributed by atoms with E-state index in [4.69, 9.17) is 16.3 Å². The highest BCUT2D eigenvalue weighted by Crippen LogP contribution is 2.36. The van der Waals surface area contributed by atoms with Crippen molar-refractivity contribution in [3.05, 3.63) is 29.3 Å². The molecule has 0 atom stereocenters. The van der Waals surface area contributed by atoms with Crippen LogP contribution in [0.25, 0.3) is 0 Å². The number of nitrogens with one attached hydrogen (secondary N) is 2. The highest BCUT2D eigenvalue weighted by atomic mass is 35.5. The molecule has 0 unspecified atom stereocenters. The minimum atomic E-state index is -0.159. The van der Waals surface area contributed by atoms with Crippen molar-refractivity contribution >= 4 is 23.3 Å². The van der Waals surface area contributed by atoms with Gasteiger partial charge in [0.2, 0.25) is 0 Å². The second-order valence-corrected chi connectivity index (χ2v) is 7.76. The van der Waals surface area contributed by atoms with Crippen LogP contribution < -0.4 is 10.6 Å². The van der Waals surface area contributed by atoms with Crippen molar-refractivity contribution in [2.75, 3.05) is 38.2 Å². The molecule has 0 aromatic heterocycles. The molecular weight excluding hydrogens is 338 g/mol.